The normalized spacial score (nSPS) is 34.4. The van der Waals surface area contributed by atoms with Crippen LogP contribution in [0.5, 0.6) is 0 Å². The summed E-state index contributed by atoms with van der Waals surface area (Å²) in [5.74, 6) is -4.75. The molecule has 1 rings (SSSR count). The topological polar surface area (TPSA) is 44.0 Å². The second kappa shape index (κ2) is 2.01. The highest BCUT2D eigenvalue weighted by Gasteiger charge is 2.90. The van der Waals surface area contributed by atoms with Crippen LogP contribution < -0.4 is 0 Å². The highest BCUT2D eigenvalue weighted by Crippen LogP contribution is 2.60. The minimum atomic E-state index is -5.66. The average molecular weight is 184 g/mol. The van der Waals surface area contributed by atoms with Crippen LogP contribution in [-0.2, 0) is 4.74 Å². The smallest absolute Gasteiger partial charge is 0.412 e. The predicted molar refractivity (Wildman–Crippen MR) is 19.5 cm³/mol. The van der Waals surface area contributed by atoms with Crippen LogP contribution in [-0.4, -0.2) is 23.6 Å². The lowest BCUT2D eigenvalue weighted by Crippen LogP contribution is -2.32. The van der Waals surface area contributed by atoms with Gasteiger partial charge >= 0.3 is 18.1 Å². The van der Waals surface area contributed by atoms with Crippen LogP contribution >= 0.6 is 0 Å². The summed E-state index contributed by atoms with van der Waals surface area (Å²) in [4.78, 5) is 0. The number of epoxide rings is 1. The van der Waals surface area contributed by atoms with Gasteiger partial charge in [0.25, 0.3) is 0 Å². The molecule has 68 valence electrons. The van der Waals surface area contributed by atoms with Gasteiger partial charge in [-0.05, 0) is 0 Å². The number of ether oxygens (including phenoxy) is 1. The number of hydrogen-bond acceptors (Lipinski definition) is 1. The first kappa shape index (κ1) is 10.5. The van der Waals surface area contributed by atoms with Gasteiger partial charge in [-0.2, -0.15) is 26.3 Å². The first-order valence-corrected chi connectivity index (χ1v) is 2.04. The lowest BCUT2D eigenvalue weighted by atomic mass is 10.4. The lowest BCUT2D eigenvalue weighted by molar-refractivity contribution is -0.231. The number of hydrogen-bond donors (Lipinski definition) is 0. The fourth-order valence-corrected chi connectivity index (χ4v) is 0.374. The van der Waals surface area contributed by atoms with Crippen molar-refractivity contribution in [1.29, 1.82) is 0 Å². The van der Waals surface area contributed by atoms with Gasteiger partial charge in [0.1, 0.15) is 0 Å². The van der Waals surface area contributed by atoms with Crippen molar-refractivity contribution in [2.75, 3.05) is 0 Å². The second-order valence-electron chi connectivity index (χ2n) is 1.71. The molecule has 1 unspecified atom stereocenters. The number of alkyl halides is 6. The summed E-state index contributed by atoms with van der Waals surface area (Å²) in [6.45, 7) is 0. The molecule has 1 aliphatic rings. The van der Waals surface area contributed by atoms with E-state index in [-0.39, 0.29) is 5.48 Å². The Hall–Kier alpha value is -0.500. The third kappa shape index (κ3) is 1.16. The van der Waals surface area contributed by atoms with E-state index >= 15 is 0 Å². The van der Waals surface area contributed by atoms with Crippen LogP contribution in [0.2, 0.25) is 0 Å². The zero-order chi connectivity index (χ0) is 8.21. The van der Waals surface area contributed by atoms with E-state index in [2.05, 4.69) is 4.74 Å². The van der Waals surface area contributed by atoms with Gasteiger partial charge < -0.3 is 5.48 Å². The fourth-order valence-electron chi connectivity index (χ4n) is 0.374. The molecule has 0 aliphatic carbocycles. The summed E-state index contributed by atoms with van der Waals surface area (Å²) in [6.07, 6.45) is -10.4. The van der Waals surface area contributed by atoms with Crippen molar-refractivity contribution in [3.63, 3.8) is 0 Å². The molecule has 0 amide bonds. The molecule has 0 spiro atoms. The van der Waals surface area contributed by atoms with Crippen molar-refractivity contribution in [3.8, 4) is 0 Å². The summed E-state index contributed by atoms with van der Waals surface area (Å²) in [7, 11) is 0. The Morgan fingerprint density at radius 1 is 1.00 bits per heavy atom. The van der Waals surface area contributed by atoms with E-state index in [9.17, 15) is 26.3 Å². The Labute approximate surface area is 56.1 Å². The van der Waals surface area contributed by atoms with Crippen LogP contribution in [0.25, 0.3) is 0 Å². The van der Waals surface area contributed by atoms with E-state index < -0.39 is 18.1 Å². The van der Waals surface area contributed by atoms with Gasteiger partial charge in [0, 0.05) is 0 Å². The maximum absolute atomic E-state index is 11.7. The molecular formula is C3H2F6O2. The largest absolute Gasteiger partial charge is 0.458 e. The molecular weight excluding hydrogens is 182 g/mol. The van der Waals surface area contributed by atoms with Crippen LogP contribution in [0.3, 0.4) is 0 Å². The number of halogens is 6. The van der Waals surface area contributed by atoms with Gasteiger partial charge in [-0.1, -0.05) is 0 Å². The Bertz CT molecular complexity index is 164. The van der Waals surface area contributed by atoms with Gasteiger partial charge in [-0.15, -0.1) is 0 Å². The molecule has 0 saturated carbocycles. The van der Waals surface area contributed by atoms with E-state index in [1.165, 1.54) is 0 Å². The Morgan fingerprint density at radius 2 is 1.27 bits per heavy atom. The van der Waals surface area contributed by atoms with Crippen molar-refractivity contribution < 1.29 is 36.6 Å². The Balaban J connectivity index is 0.000001000. The minimum Gasteiger partial charge on any atom is -0.412 e. The van der Waals surface area contributed by atoms with Crippen LogP contribution in [0.1, 0.15) is 0 Å². The maximum Gasteiger partial charge on any atom is 0.458 e. The molecule has 1 heterocycles. The van der Waals surface area contributed by atoms with E-state index in [1.807, 2.05) is 0 Å². The van der Waals surface area contributed by atoms with Crippen molar-refractivity contribution in [2.45, 2.75) is 18.1 Å². The second-order valence-corrected chi connectivity index (χ2v) is 1.71. The van der Waals surface area contributed by atoms with Crippen molar-refractivity contribution in [1.82, 2.24) is 0 Å². The summed E-state index contributed by atoms with van der Waals surface area (Å²) in [5.41, 5.74) is 0. The monoisotopic (exact) mass is 184 g/mol. The van der Waals surface area contributed by atoms with E-state index in [4.69, 9.17) is 0 Å². The highest BCUT2D eigenvalue weighted by molar-refractivity contribution is 4.99. The molecule has 0 aromatic carbocycles. The summed E-state index contributed by atoms with van der Waals surface area (Å²) in [5, 5.41) is 0. The van der Waals surface area contributed by atoms with E-state index in [0.29, 0.717) is 0 Å². The predicted octanol–water partition coefficient (Wildman–Crippen LogP) is 1.01. The molecule has 0 aromatic rings. The third-order valence-corrected chi connectivity index (χ3v) is 0.966. The molecule has 11 heavy (non-hydrogen) atoms. The quantitative estimate of drug-likeness (QED) is 0.409. The standard InChI is InChI=1S/C3F6O.H2O/c4-1(2(5,6)7)3(8,9)10-1;/h;1H2. The van der Waals surface area contributed by atoms with Gasteiger partial charge in [-0.25, -0.2) is 0 Å². The molecule has 8 heteroatoms. The molecule has 1 fully saturated rings. The van der Waals surface area contributed by atoms with Crippen molar-refractivity contribution in [2.24, 2.45) is 0 Å². The molecule has 2 N–H and O–H groups in total. The molecule has 1 atom stereocenters. The Morgan fingerprint density at radius 3 is 1.27 bits per heavy atom. The van der Waals surface area contributed by atoms with Crippen LogP contribution in [0, 0.1) is 0 Å². The fraction of sp³-hybridized carbons (Fsp3) is 1.00. The van der Waals surface area contributed by atoms with Gasteiger partial charge in [0.05, 0.1) is 0 Å². The molecule has 1 saturated heterocycles. The molecule has 0 radical (unpaired) electrons. The summed E-state index contributed by atoms with van der Waals surface area (Å²) in [6, 6.07) is 0. The molecule has 0 aromatic heterocycles. The SMILES string of the molecule is FC(F)(F)C1(F)OC1(F)F.O. The number of rotatable bonds is 0. The zero-order valence-corrected chi connectivity index (χ0v) is 4.68. The molecule has 0 bridgehead atoms. The van der Waals surface area contributed by atoms with Crippen LogP contribution in [0.15, 0.2) is 0 Å². The highest BCUT2D eigenvalue weighted by atomic mass is 19.4. The lowest BCUT2D eigenvalue weighted by Gasteiger charge is -2.04. The first-order valence-electron chi connectivity index (χ1n) is 2.04. The van der Waals surface area contributed by atoms with E-state index in [0.717, 1.165) is 0 Å². The molecule has 1 aliphatic heterocycles. The first-order chi connectivity index (χ1) is 4.21. The van der Waals surface area contributed by atoms with Gasteiger partial charge in [0.15, 0.2) is 0 Å². The summed E-state index contributed by atoms with van der Waals surface area (Å²) < 4.78 is 70.4. The third-order valence-electron chi connectivity index (χ3n) is 0.966. The van der Waals surface area contributed by atoms with Crippen molar-refractivity contribution in [3.05, 3.63) is 0 Å². The minimum absolute atomic E-state index is 0. The van der Waals surface area contributed by atoms with Crippen LogP contribution in [0.4, 0.5) is 26.3 Å². The average Bonchev–Trinajstić information content (AvgIpc) is 2.05. The van der Waals surface area contributed by atoms with Crippen molar-refractivity contribution >= 4 is 0 Å². The van der Waals surface area contributed by atoms with Gasteiger partial charge in [0.2, 0.25) is 0 Å². The maximum atomic E-state index is 11.7. The molecule has 2 nitrogen and oxygen atoms in total. The Kier molecular flexibility index (Phi) is 1.91. The summed E-state index contributed by atoms with van der Waals surface area (Å²) >= 11 is 0. The zero-order valence-electron chi connectivity index (χ0n) is 4.68. The van der Waals surface area contributed by atoms with Gasteiger partial charge in [-0.3, -0.25) is 4.74 Å². The van der Waals surface area contributed by atoms with E-state index in [1.54, 1.807) is 0 Å².